The maximum Gasteiger partial charge on any atom is 0.269 e. The fraction of sp³-hybridized carbons (Fsp3) is 0.0714. The lowest BCUT2D eigenvalue weighted by molar-refractivity contribution is 0.424. The summed E-state index contributed by atoms with van der Waals surface area (Å²) < 4.78 is 5.22. The maximum atomic E-state index is 9.02. The molecule has 3 rings (SSSR count). The molecule has 1 aromatic carbocycles. The number of thiophene rings is 1. The first kappa shape index (κ1) is 14.1. The molecule has 7 heteroatoms. The topological polar surface area (TPSA) is 62.7 Å². The Morgan fingerprint density at radius 3 is 2.71 bits per heavy atom. The molecular weight excluding hydrogens is 329 g/mol. The second-order valence-electron chi connectivity index (χ2n) is 4.17. The van der Waals surface area contributed by atoms with Gasteiger partial charge in [0.2, 0.25) is 0 Å². The Morgan fingerprint density at radius 1 is 1.24 bits per heavy atom. The number of nitriles is 1. The highest BCUT2D eigenvalue weighted by Gasteiger charge is 2.16. The van der Waals surface area contributed by atoms with Gasteiger partial charge in [0.15, 0.2) is 5.82 Å². The molecule has 21 heavy (non-hydrogen) atoms. The lowest BCUT2D eigenvalue weighted by Gasteiger charge is -2.02. The van der Waals surface area contributed by atoms with Gasteiger partial charge in [0.1, 0.15) is 10.9 Å². The molecule has 0 atom stereocenters. The first-order valence-electron chi connectivity index (χ1n) is 5.92. The predicted molar refractivity (Wildman–Crippen MR) is 81.6 cm³/mol. The van der Waals surface area contributed by atoms with Gasteiger partial charge in [-0.25, -0.2) is 0 Å². The Kier molecular flexibility index (Phi) is 3.93. The van der Waals surface area contributed by atoms with Crippen molar-refractivity contribution in [1.29, 1.82) is 5.26 Å². The van der Waals surface area contributed by atoms with Crippen LogP contribution in [0.4, 0.5) is 0 Å². The molecule has 2 aromatic heterocycles. The molecule has 3 aromatic rings. The third-order valence-electron chi connectivity index (χ3n) is 2.84. The number of benzene rings is 1. The maximum absolute atomic E-state index is 9.02. The smallest absolute Gasteiger partial charge is 0.269 e. The Bertz CT molecular complexity index is 815. The average Bonchev–Trinajstić information content (AvgIpc) is 3.11. The Hall–Kier alpha value is -1.87. The van der Waals surface area contributed by atoms with Gasteiger partial charge in [-0.05, 0) is 29.1 Å². The van der Waals surface area contributed by atoms with Gasteiger partial charge in [0.25, 0.3) is 5.89 Å². The molecule has 0 radical (unpaired) electrons. The van der Waals surface area contributed by atoms with Gasteiger partial charge in [-0.3, -0.25) is 0 Å². The third-order valence-corrected chi connectivity index (χ3v) is 4.46. The summed E-state index contributed by atoms with van der Waals surface area (Å²) in [4.78, 5) is 4.97. The molecule has 0 aliphatic carbocycles. The normalized spacial score (nSPS) is 10.5. The van der Waals surface area contributed by atoms with Crippen molar-refractivity contribution in [3.8, 4) is 16.8 Å². The fourth-order valence-electron chi connectivity index (χ4n) is 1.84. The van der Waals surface area contributed by atoms with Crippen molar-refractivity contribution in [2.24, 2.45) is 0 Å². The fourth-order valence-corrected chi connectivity index (χ4v) is 3.14. The number of nitrogens with zero attached hydrogens (tertiary/aromatic N) is 3. The molecule has 0 unspecified atom stereocenters. The molecule has 0 fully saturated rings. The minimum Gasteiger partial charge on any atom is -0.333 e. The van der Waals surface area contributed by atoms with Crippen LogP contribution in [0, 0.1) is 11.3 Å². The Balaban J connectivity index is 1.91. The molecule has 0 saturated carbocycles. The van der Waals surface area contributed by atoms with Crippen molar-refractivity contribution < 1.29 is 4.52 Å². The Morgan fingerprint density at radius 2 is 2.00 bits per heavy atom. The molecule has 4 nitrogen and oxygen atoms in total. The van der Waals surface area contributed by atoms with Crippen molar-refractivity contribution in [1.82, 2.24) is 10.1 Å². The quantitative estimate of drug-likeness (QED) is 0.703. The van der Waals surface area contributed by atoms with Crippen molar-refractivity contribution in [3.63, 3.8) is 0 Å². The minimum absolute atomic E-state index is 0.333. The standard InChI is InChI=1S/C14H7Cl2N3OS/c15-10-2-1-3-11(16)9(10)6-12-18-14(20-19-12)13-8(7-17)4-5-21-13/h1-5H,6H2. The van der Waals surface area contributed by atoms with Gasteiger partial charge in [0.05, 0.1) is 5.56 Å². The molecule has 0 bridgehead atoms. The zero-order valence-electron chi connectivity index (χ0n) is 10.5. The first-order chi connectivity index (χ1) is 10.2. The van der Waals surface area contributed by atoms with E-state index in [9.17, 15) is 0 Å². The summed E-state index contributed by atoms with van der Waals surface area (Å²) in [6.45, 7) is 0. The zero-order chi connectivity index (χ0) is 14.8. The largest absolute Gasteiger partial charge is 0.333 e. The van der Waals surface area contributed by atoms with Gasteiger partial charge in [-0.1, -0.05) is 34.4 Å². The summed E-state index contributed by atoms with van der Waals surface area (Å²) >= 11 is 13.6. The van der Waals surface area contributed by atoms with Crippen LogP contribution >= 0.6 is 34.5 Å². The van der Waals surface area contributed by atoms with Crippen LogP contribution in [0.1, 0.15) is 17.0 Å². The summed E-state index contributed by atoms with van der Waals surface area (Å²) in [6.07, 6.45) is 0.370. The van der Waals surface area contributed by atoms with Gasteiger partial charge in [-0.2, -0.15) is 10.2 Å². The van der Waals surface area contributed by atoms with Crippen LogP contribution in [0.5, 0.6) is 0 Å². The number of hydrogen-bond acceptors (Lipinski definition) is 5. The van der Waals surface area contributed by atoms with Crippen molar-refractivity contribution in [2.75, 3.05) is 0 Å². The molecule has 0 aliphatic rings. The summed E-state index contributed by atoms with van der Waals surface area (Å²) in [7, 11) is 0. The first-order valence-corrected chi connectivity index (χ1v) is 7.56. The number of aromatic nitrogens is 2. The highest BCUT2D eigenvalue weighted by Crippen LogP contribution is 2.29. The second-order valence-corrected chi connectivity index (χ2v) is 5.90. The molecule has 0 N–H and O–H groups in total. The van der Waals surface area contributed by atoms with E-state index in [2.05, 4.69) is 16.2 Å². The zero-order valence-corrected chi connectivity index (χ0v) is 12.8. The molecule has 104 valence electrons. The van der Waals surface area contributed by atoms with Gasteiger partial charge in [-0.15, -0.1) is 11.3 Å². The number of hydrogen-bond donors (Lipinski definition) is 0. The number of rotatable bonds is 3. The lowest BCUT2D eigenvalue weighted by atomic mass is 10.1. The molecule has 0 aliphatic heterocycles. The van der Waals surface area contributed by atoms with E-state index in [4.69, 9.17) is 33.0 Å². The van der Waals surface area contributed by atoms with Gasteiger partial charge in [0, 0.05) is 16.5 Å². The van der Waals surface area contributed by atoms with Crippen LogP contribution < -0.4 is 0 Å². The van der Waals surface area contributed by atoms with Crippen LogP contribution in [0.15, 0.2) is 34.2 Å². The molecule has 0 saturated heterocycles. The average molecular weight is 336 g/mol. The summed E-state index contributed by atoms with van der Waals surface area (Å²) in [5, 5.41) is 15.9. The molecule has 0 amide bonds. The van der Waals surface area contributed by atoms with Crippen molar-refractivity contribution in [2.45, 2.75) is 6.42 Å². The Labute approximate surface area is 134 Å². The summed E-state index contributed by atoms with van der Waals surface area (Å²) in [6, 6.07) is 9.11. The molecular formula is C14H7Cl2N3OS. The van der Waals surface area contributed by atoms with Crippen LogP contribution in [0.25, 0.3) is 10.8 Å². The minimum atomic E-state index is 0.333. The van der Waals surface area contributed by atoms with Gasteiger partial charge < -0.3 is 4.52 Å². The van der Waals surface area contributed by atoms with Crippen LogP contribution in [-0.2, 0) is 6.42 Å². The van der Waals surface area contributed by atoms with Crippen molar-refractivity contribution >= 4 is 34.5 Å². The summed E-state index contributed by atoms with van der Waals surface area (Å²) in [5.74, 6) is 0.803. The van der Waals surface area contributed by atoms with E-state index in [0.717, 1.165) is 5.56 Å². The van der Waals surface area contributed by atoms with Crippen LogP contribution in [0.3, 0.4) is 0 Å². The SMILES string of the molecule is N#Cc1ccsc1-c1nc(Cc2c(Cl)cccc2Cl)no1. The van der Waals surface area contributed by atoms with E-state index in [1.807, 2.05) is 5.38 Å². The van der Waals surface area contributed by atoms with E-state index >= 15 is 0 Å². The van der Waals surface area contributed by atoms with Crippen LogP contribution in [0.2, 0.25) is 10.0 Å². The van der Waals surface area contributed by atoms with E-state index in [-0.39, 0.29) is 0 Å². The van der Waals surface area contributed by atoms with Gasteiger partial charge >= 0.3 is 0 Å². The molecule has 2 heterocycles. The molecule has 0 spiro atoms. The van der Waals surface area contributed by atoms with E-state index in [1.54, 1.807) is 24.3 Å². The lowest BCUT2D eigenvalue weighted by Crippen LogP contribution is -1.93. The number of halogens is 2. The second kappa shape index (κ2) is 5.86. The highest BCUT2D eigenvalue weighted by atomic mass is 35.5. The van der Waals surface area contributed by atoms with Crippen LogP contribution in [-0.4, -0.2) is 10.1 Å². The van der Waals surface area contributed by atoms with E-state index in [1.165, 1.54) is 11.3 Å². The van der Waals surface area contributed by atoms with E-state index < -0.39 is 0 Å². The highest BCUT2D eigenvalue weighted by molar-refractivity contribution is 7.13. The monoisotopic (exact) mass is 335 g/mol. The summed E-state index contributed by atoms with van der Waals surface area (Å²) in [5.41, 5.74) is 1.27. The third kappa shape index (κ3) is 2.79. The predicted octanol–water partition coefficient (Wildman–Crippen LogP) is 4.57. The van der Waals surface area contributed by atoms with E-state index in [0.29, 0.717) is 38.6 Å². The van der Waals surface area contributed by atoms with Crippen molar-refractivity contribution in [3.05, 3.63) is 56.6 Å².